The highest BCUT2D eigenvalue weighted by Crippen LogP contribution is 2.55. The molecule has 2 aliphatic rings. The number of alkyl carbamates (subject to hydrolysis) is 1. The van der Waals surface area contributed by atoms with Crippen LogP contribution in [0.4, 0.5) is 25.4 Å². The summed E-state index contributed by atoms with van der Waals surface area (Å²) in [7, 11) is 1.34. The average molecular weight is 583 g/mol. The van der Waals surface area contributed by atoms with E-state index in [0.717, 1.165) is 29.5 Å². The molecule has 1 saturated carbocycles. The number of hydrogen-bond acceptors (Lipinski definition) is 5. The summed E-state index contributed by atoms with van der Waals surface area (Å²) >= 11 is 10.1. The van der Waals surface area contributed by atoms with Crippen LogP contribution in [0.5, 0.6) is 0 Å². The van der Waals surface area contributed by atoms with Gasteiger partial charge in [0.15, 0.2) is 0 Å². The maximum Gasteiger partial charge on any atom is 0.411 e. The average Bonchev–Trinajstić information content (AvgIpc) is 3.09. The third-order valence-corrected chi connectivity index (χ3v) is 7.88. The standard InChI is InChI=1S/C24H26BrClFN5O4/c1-23(2,3)36-21(33)29-14-8-24(14)5-6-32(10-24)19-11(25)9-28-20-16(19)15-17(26)12(27)7-13(18(15)30-20)31(4)22(34)35/h7,9,14H,5-6,8,10H2,1-4H3,(H,28,30)(H,29,33)(H,34,35)/t14-,24-/m0/s1. The first-order valence-electron chi connectivity index (χ1n) is 11.5. The highest BCUT2D eigenvalue weighted by Gasteiger charge is 2.58. The minimum atomic E-state index is -1.23. The Hall–Kier alpha value is -2.79. The fraction of sp³-hybridized carbons (Fsp3) is 0.458. The molecule has 192 valence electrons. The number of rotatable bonds is 3. The number of aromatic amines is 1. The van der Waals surface area contributed by atoms with Gasteiger partial charge in [-0.3, -0.25) is 4.90 Å². The van der Waals surface area contributed by atoms with E-state index in [0.29, 0.717) is 39.5 Å². The van der Waals surface area contributed by atoms with Crippen molar-refractivity contribution in [3.8, 4) is 0 Å². The molecule has 36 heavy (non-hydrogen) atoms. The van der Waals surface area contributed by atoms with Crippen molar-refractivity contribution in [1.29, 1.82) is 0 Å². The Morgan fingerprint density at radius 3 is 2.81 bits per heavy atom. The van der Waals surface area contributed by atoms with Gasteiger partial charge in [0.2, 0.25) is 0 Å². The van der Waals surface area contributed by atoms with Gasteiger partial charge >= 0.3 is 12.2 Å². The molecule has 0 bridgehead atoms. The summed E-state index contributed by atoms with van der Waals surface area (Å²) in [5.41, 5.74) is 1.14. The summed E-state index contributed by atoms with van der Waals surface area (Å²) in [6, 6.07) is 1.11. The fourth-order valence-electron chi connectivity index (χ4n) is 5.12. The van der Waals surface area contributed by atoms with Crippen LogP contribution in [0.2, 0.25) is 5.02 Å². The van der Waals surface area contributed by atoms with Gasteiger partial charge in [0.05, 0.1) is 31.8 Å². The highest BCUT2D eigenvalue weighted by molar-refractivity contribution is 9.10. The van der Waals surface area contributed by atoms with E-state index >= 15 is 0 Å². The number of carbonyl (C=O) groups excluding carboxylic acids is 1. The van der Waals surface area contributed by atoms with E-state index in [1.54, 1.807) is 6.20 Å². The Bertz CT molecular complexity index is 1420. The van der Waals surface area contributed by atoms with Crippen molar-refractivity contribution >= 4 is 73.0 Å². The Kier molecular flexibility index (Phi) is 5.79. The molecule has 2 aromatic heterocycles. The number of H-pyrrole nitrogens is 1. The number of fused-ring (bicyclic) bond motifs is 3. The van der Waals surface area contributed by atoms with E-state index in [4.69, 9.17) is 16.3 Å². The number of ether oxygens (including phenoxy) is 1. The molecule has 0 radical (unpaired) electrons. The van der Waals surface area contributed by atoms with Crippen LogP contribution >= 0.6 is 27.5 Å². The van der Waals surface area contributed by atoms with E-state index in [9.17, 15) is 19.1 Å². The molecule has 1 spiro atoms. The second-order valence-corrected chi connectivity index (χ2v) is 11.8. The van der Waals surface area contributed by atoms with Gasteiger partial charge in [-0.2, -0.15) is 0 Å². The van der Waals surface area contributed by atoms with Gasteiger partial charge in [-0.05, 0) is 49.5 Å². The smallest absolute Gasteiger partial charge is 0.411 e. The van der Waals surface area contributed by atoms with Gasteiger partial charge in [0.1, 0.15) is 17.1 Å². The first-order chi connectivity index (χ1) is 16.8. The lowest BCUT2D eigenvalue weighted by atomic mass is 10.1. The van der Waals surface area contributed by atoms with Crippen molar-refractivity contribution in [2.45, 2.75) is 45.3 Å². The van der Waals surface area contributed by atoms with Crippen LogP contribution in [0.1, 0.15) is 33.6 Å². The van der Waals surface area contributed by atoms with Crippen molar-refractivity contribution in [3.05, 3.63) is 27.6 Å². The number of hydrogen-bond donors (Lipinski definition) is 3. The molecule has 1 aliphatic carbocycles. The van der Waals surface area contributed by atoms with Gasteiger partial charge < -0.3 is 25.0 Å². The number of halogens is 3. The van der Waals surface area contributed by atoms with Crippen molar-refractivity contribution in [2.75, 3.05) is 29.9 Å². The molecule has 0 unspecified atom stereocenters. The molecule has 3 N–H and O–H groups in total. The molecule has 3 heterocycles. The molecule has 2 amide bonds. The summed E-state index contributed by atoms with van der Waals surface area (Å²) in [6.45, 7) is 6.87. The molecule has 1 aromatic carbocycles. The van der Waals surface area contributed by atoms with Crippen LogP contribution in [-0.2, 0) is 4.74 Å². The van der Waals surface area contributed by atoms with Crippen LogP contribution in [-0.4, -0.2) is 59.0 Å². The predicted molar refractivity (Wildman–Crippen MR) is 140 cm³/mol. The minimum Gasteiger partial charge on any atom is -0.465 e. The van der Waals surface area contributed by atoms with Crippen molar-refractivity contribution in [3.63, 3.8) is 0 Å². The number of nitrogens with one attached hydrogen (secondary N) is 2. The molecule has 2 fully saturated rings. The summed E-state index contributed by atoms with van der Waals surface area (Å²) in [6.07, 6.45) is 1.70. The van der Waals surface area contributed by atoms with Crippen LogP contribution in [0.15, 0.2) is 16.7 Å². The highest BCUT2D eigenvalue weighted by atomic mass is 79.9. The number of carboxylic acid groups (broad SMARTS) is 1. The second kappa shape index (κ2) is 8.37. The number of aromatic nitrogens is 2. The van der Waals surface area contributed by atoms with Crippen LogP contribution in [0.25, 0.3) is 21.9 Å². The number of pyridine rings is 1. The molecule has 1 aliphatic heterocycles. The fourth-order valence-corrected chi connectivity index (χ4v) is 5.91. The molecular weight excluding hydrogens is 557 g/mol. The number of carbonyl (C=O) groups is 2. The molecule has 5 rings (SSSR count). The Labute approximate surface area is 220 Å². The molecule has 3 aromatic rings. The lowest BCUT2D eigenvalue weighted by Gasteiger charge is -2.22. The second-order valence-electron chi connectivity index (χ2n) is 10.5. The Morgan fingerprint density at radius 1 is 1.42 bits per heavy atom. The molecule has 9 nitrogen and oxygen atoms in total. The van der Waals surface area contributed by atoms with Gasteiger partial charge in [0, 0.05) is 49.2 Å². The van der Waals surface area contributed by atoms with Gasteiger partial charge in [-0.15, -0.1) is 0 Å². The minimum absolute atomic E-state index is 0.00766. The molecule has 2 atom stereocenters. The molecular formula is C24H26BrClFN5O4. The Balaban J connectivity index is 1.53. The first-order valence-corrected chi connectivity index (χ1v) is 12.7. The zero-order chi connectivity index (χ0) is 26.2. The zero-order valence-corrected chi connectivity index (χ0v) is 22.5. The lowest BCUT2D eigenvalue weighted by Crippen LogP contribution is -2.36. The summed E-state index contributed by atoms with van der Waals surface area (Å²) in [4.78, 5) is 34.6. The topological polar surface area (TPSA) is 111 Å². The van der Waals surface area contributed by atoms with E-state index in [-0.39, 0.29) is 22.2 Å². The quantitative estimate of drug-likeness (QED) is 0.356. The number of nitrogens with zero attached hydrogens (tertiary/aromatic N) is 3. The first kappa shape index (κ1) is 24.9. The lowest BCUT2D eigenvalue weighted by molar-refractivity contribution is 0.0516. The third kappa shape index (κ3) is 4.11. The van der Waals surface area contributed by atoms with Crippen LogP contribution < -0.4 is 15.1 Å². The zero-order valence-electron chi connectivity index (χ0n) is 20.2. The van der Waals surface area contributed by atoms with Crippen molar-refractivity contribution < 1.29 is 23.8 Å². The van der Waals surface area contributed by atoms with E-state index in [1.165, 1.54) is 7.05 Å². The maximum absolute atomic E-state index is 14.9. The van der Waals surface area contributed by atoms with Crippen LogP contribution in [0.3, 0.4) is 0 Å². The molecule has 1 saturated heterocycles. The van der Waals surface area contributed by atoms with E-state index in [2.05, 4.69) is 36.1 Å². The normalized spacial score (nSPS) is 21.4. The monoisotopic (exact) mass is 581 g/mol. The van der Waals surface area contributed by atoms with Crippen molar-refractivity contribution in [2.24, 2.45) is 5.41 Å². The predicted octanol–water partition coefficient (Wildman–Crippen LogP) is 5.88. The Morgan fingerprint density at radius 2 is 2.14 bits per heavy atom. The van der Waals surface area contributed by atoms with Gasteiger partial charge in [0.25, 0.3) is 0 Å². The number of amides is 2. The molecule has 12 heteroatoms. The maximum atomic E-state index is 14.9. The van der Waals surface area contributed by atoms with E-state index in [1.807, 2.05) is 20.8 Å². The summed E-state index contributed by atoms with van der Waals surface area (Å²) in [5, 5.41) is 13.4. The van der Waals surface area contributed by atoms with Crippen molar-refractivity contribution in [1.82, 2.24) is 15.3 Å². The summed E-state index contributed by atoms with van der Waals surface area (Å²) in [5.74, 6) is -0.721. The van der Waals surface area contributed by atoms with Gasteiger partial charge in [-0.1, -0.05) is 11.6 Å². The third-order valence-electron chi connectivity index (χ3n) is 6.93. The number of anilines is 2. The largest absolute Gasteiger partial charge is 0.465 e. The summed E-state index contributed by atoms with van der Waals surface area (Å²) < 4.78 is 21.0. The SMILES string of the molecule is CN(C(=O)O)c1cc(F)c(Cl)c2c1[nH]c1ncc(Br)c(N3CC[C@]4(C[C@@H]4NC(=O)OC(C)(C)C)C3)c12. The number of benzene rings is 1. The van der Waals surface area contributed by atoms with Gasteiger partial charge in [-0.25, -0.2) is 19.0 Å². The van der Waals surface area contributed by atoms with Crippen LogP contribution in [0, 0.1) is 11.2 Å². The van der Waals surface area contributed by atoms with E-state index < -0.39 is 23.6 Å².